The van der Waals surface area contributed by atoms with Gasteiger partial charge in [-0.15, -0.1) is 0 Å². The van der Waals surface area contributed by atoms with E-state index in [2.05, 4.69) is 14.9 Å². The van der Waals surface area contributed by atoms with Crippen molar-refractivity contribution in [2.75, 3.05) is 37.7 Å². The first-order chi connectivity index (χ1) is 19.0. The van der Waals surface area contributed by atoms with Crippen molar-refractivity contribution in [3.05, 3.63) is 54.2 Å². The summed E-state index contributed by atoms with van der Waals surface area (Å²) in [6, 6.07) is 10.2. The fourth-order valence-electron chi connectivity index (χ4n) is 6.75. The van der Waals surface area contributed by atoms with Gasteiger partial charge in [-0.25, -0.2) is 8.78 Å². The zero-order chi connectivity index (χ0) is 26.6. The van der Waals surface area contributed by atoms with E-state index in [1.807, 2.05) is 4.90 Å². The summed E-state index contributed by atoms with van der Waals surface area (Å²) < 4.78 is 37.5. The molecule has 0 saturated carbocycles. The van der Waals surface area contributed by atoms with Crippen molar-refractivity contribution in [1.29, 1.82) is 0 Å². The highest BCUT2D eigenvalue weighted by Gasteiger charge is 2.45. The lowest BCUT2D eigenvalue weighted by Crippen LogP contribution is -2.43. The van der Waals surface area contributed by atoms with Crippen LogP contribution in [0.5, 0.6) is 6.01 Å². The van der Waals surface area contributed by atoms with Gasteiger partial charge < -0.3 is 14.7 Å². The topological polar surface area (TPSA) is 74.6 Å². The minimum absolute atomic E-state index is 0.00383. The summed E-state index contributed by atoms with van der Waals surface area (Å²) in [4.78, 5) is 18.3. The van der Waals surface area contributed by atoms with Gasteiger partial charge in [0.2, 0.25) is 0 Å². The van der Waals surface area contributed by atoms with Crippen molar-refractivity contribution < 1.29 is 18.6 Å². The van der Waals surface area contributed by atoms with Crippen LogP contribution in [-0.4, -0.2) is 69.4 Å². The molecule has 3 aliphatic heterocycles. The van der Waals surface area contributed by atoms with Crippen molar-refractivity contribution >= 4 is 27.5 Å². The predicted molar refractivity (Wildman–Crippen MR) is 146 cm³/mol. The average molecular weight is 532 g/mol. The van der Waals surface area contributed by atoms with Gasteiger partial charge in [-0.05, 0) is 63.1 Å². The number of aliphatic hydroxyl groups excluding tert-OH is 1. The molecule has 1 N–H and O–H groups in total. The third kappa shape index (κ3) is 4.19. The van der Waals surface area contributed by atoms with Crippen LogP contribution in [0.2, 0.25) is 0 Å². The number of piperidine rings is 1. The molecule has 7 rings (SSSR count). The fourth-order valence-corrected chi connectivity index (χ4v) is 6.75. The van der Waals surface area contributed by atoms with Crippen LogP contribution in [0.15, 0.2) is 42.6 Å². The van der Waals surface area contributed by atoms with E-state index in [9.17, 15) is 9.50 Å². The van der Waals surface area contributed by atoms with E-state index in [0.29, 0.717) is 60.1 Å². The van der Waals surface area contributed by atoms with Gasteiger partial charge in [0.1, 0.15) is 29.5 Å². The Balaban J connectivity index is 1.34. The summed E-state index contributed by atoms with van der Waals surface area (Å²) in [5, 5.41) is 11.5. The quantitative estimate of drug-likeness (QED) is 0.385. The number of hydrogen-bond acceptors (Lipinski definition) is 7. The van der Waals surface area contributed by atoms with Gasteiger partial charge in [-0.1, -0.05) is 30.3 Å². The molecule has 0 aliphatic carbocycles. The molecule has 3 saturated heterocycles. The van der Waals surface area contributed by atoms with Crippen molar-refractivity contribution in [3.8, 4) is 17.3 Å². The monoisotopic (exact) mass is 531 g/mol. The molecule has 202 valence electrons. The zero-order valence-corrected chi connectivity index (χ0v) is 21.7. The Morgan fingerprint density at radius 2 is 1.72 bits per heavy atom. The van der Waals surface area contributed by atoms with Crippen molar-refractivity contribution in [1.82, 2.24) is 19.9 Å². The molecule has 0 atom stereocenters. The maximum Gasteiger partial charge on any atom is 0.319 e. The van der Waals surface area contributed by atoms with E-state index >= 15 is 4.39 Å². The van der Waals surface area contributed by atoms with E-state index in [1.165, 1.54) is 6.07 Å². The van der Waals surface area contributed by atoms with E-state index in [4.69, 9.17) is 9.72 Å². The molecular weight excluding hydrogens is 500 g/mol. The predicted octanol–water partition coefficient (Wildman–Crippen LogP) is 5.09. The number of pyridine rings is 1. The number of hydrogen-bond donors (Lipinski definition) is 1. The Kier molecular flexibility index (Phi) is 6.08. The number of benzene rings is 2. The van der Waals surface area contributed by atoms with Crippen LogP contribution in [0.1, 0.15) is 38.5 Å². The minimum Gasteiger partial charge on any atom is -0.461 e. The highest BCUT2D eigenvalue weighted by atomic mass is 19.1. The largest absolute Gasteiger partial charge is 0.461 e. The molecule has 2 aromatic carbocycles. The molecule has 2 aromatic heterocycles. The number of halogens is 2. The normalized spacial score (nSPS) is 19.7. The SMILES string of the molecule is OC1CCN(c2nc(OCC34CCCN3CCC4)nc3c(F)c(-c4cccc5cccc(F)c45)ncc23)CC1. The smallest absolute Gasteiger partial charge is 0.319 e. The van der Waals surface area contributed by atoms with Crippen LogP contribution in [0.4, 0.5) is 14.6 Å². The number of anilines is 1. The zero-order valence-electron chi connectivity index (χ0n) is 21.7. The van der Waals surface area contributed by atoms with E-state index in [0.717, 1.165) is 38.8 Å². The molecule has 0 amide bonds. The van der Waals surface area contributed by atoms with Gasteiger partial charge in [-0.2, -0.15) is 9.97 Å². The van der Waals surface area contributed by atoms with Gasteiger partial charge >= 0.3 is 6.01 Å². The van der Waals surface area contributed by atoms with Crippen LogP contribution < -0.4 is 9.64 Å². The first kappa shape index (κ1) is 24.6. The van der Waals surface area contributed by atoms with Gasteiger partial charge in [-0.3, -0.25) is 9.88 Å². The average Bonchev–Trinajstić information content (AvgIpc) is 3.53. The first-order valence-electron chi connectivity index (χ1n) is 13.9. The molecule has 0 bridgehead atoms. The summed E-state index contributed by atoms with van der Waals surface area (Å²) in [6.45, 7) is 3.79. The summed E-state index contributed by atoms with van der Waals surface area (Å²) in [6.07, 6.45) is 6.86. The van der Waals surface area contributed by atoms with E-state index in [1.54, 1.807) is 36.5 Å². The number of nitrogens with zero attached hydrogens (tertiary/aromatic N) is 5. The van der Waals surface area contributed by atoms with Crippen LogP contribution in [0, 0.1) is 11.6 Å². The summed E-state index contributed by atoms with van der Waals surface area (Å²) in [5.41, 5.74) is 0.516. The lowest BCUT2D eigenvalue weighted by atomic mass is 9.95. The van der Waals surface area contributed by atoms with Crippen LogP contribution in [0.25, 0.3) is 32.9 Å². The third-order valence-corrected chi connectivity index (χ3v) is 8.80. The van der Waals surface area contributed by atoms with Gasteiger partial charge in [0.25, 0.3) is 0 Å². The van der Waals surface area contributed by atoms with Crippen LogP contribution in [-0.2, 0) is 0 Å². The number of rotatable bonds is 5. The van der Waals surface area contributed by atoms with Gasteiger partial charge in [0.05, 0.1) is 17.0 Å². The lowest BCUT2D eigenvalue weighted by molar-refractivity contribution is 0.107. The van der Waals surface area contributed by atoms with Crippen LogP contribution >= 0.6 is 0 Å². The lowest BCUT2D eigenvalue weighted by Gasteiger charge is -2.32. The molecule has 0 unspecified atom stereocenters. The Hall–Kier alpha value is -3.43. The minimum atomic E-state index is -0.629. The Morgan fingerprint density at radius 1 is 0.974 bits per heavy atom. The second-order valence-corrected chi connectivity index (χ2v) is 11.1. The van der Waals surface area contributed by atoms with Crippen molar-refractivity contribution in [2.45, 2.75) is 50.2 Å². The van der Waals surface area contributed by atoms with Gasteiger partial charge in [0.15, 0.2) is 5.82 Å². The van der Waals surface area contributed by atoms with Crippen molar-refractivity contribution in [2.24, 2.45) is 0 Å². The number of ether oxygens (including phenoxy) is 1. The van der Waals surface area contributed by atoms with Gasteiger partial charge in [0, 0.05) is 30.2 Å². The summed E-state index contributed by atoms with van der Waals surface area (Å²) in [5.74, 6) is -0.507. The molecule has 7 nitrogen and oxygen atoms in total. The highest BCUT2D eigenvalue weighted by Crippen LogP contribution is 2.40. The maximum absolute atomic E-state index is 16.4. The molecule has 3 fully saturated rings. The maximum atomic E-state index is 16.4. The number of aromatic nitrogens is 3. The molecule has 0 spiro atoms. The fraction of sp³-hybridized carbons (Fsp3) is 0.433. The highest BCUT2D eigenvalue weighted by molar-refractivity contribution is 5.99. The summed E-state index contributed by atoms with van der Waals surface area (Å²) >= 11 is 0. The Bertz CT molecular complexity index is 1540. The Morgan fingerprint density at radius 3 is 2.49 bits per heavy atom. The standard InChI is InChI=1S/C30H31F2N5O2/c31-23-8-2-6-19-5-1-7-21(24(19)23)26-25(32)27-22(17-33-26)28(36-15-9-20(38)10-16-36)35-29(34-27)39-18-30-11-3-13-37(30)14-4-12-30/h1-2,5-8,17,20,38H,3-4,9-16,18H2. The molecule has 39 heavy (non-hydrogen) atoms. The second kappa shape index (κ2) is 9.64. The Labute approximate surface area is 225 Å². The number of fused-ring (bicyclic) bond motifs is 3. The molecule has 0 radical (unpaired) electrons. The number of aliphatic hydroxyl groups is 1. The van der Waals surface area contributed by atoms with E-state index < -0.39 is 11.6 Å². The van der Waals surface area contributed by atoms with Crippen molar-refractivity contribution in [3.63, 3.8) is 0 Å². The van der Waals surface area contributed by atoms with Crippen LogP contribution in [0.3, 0.4) is 0 Å². The molecule has 3 aliphatic rings. The molecular formula is C30H31F2N5O2. The molecule has 4 aromatic rings. The second-order valence-electron chi connectivity index (χ2n) is 11.1. The molecule has 5 heterocycles. The van der Waals surface area contributed by atoms with E-state index in [-0.39, 0.29) is 28.9 Å². The third-order valence-electron chi connectivity index (χ3n) is 8.80. The first-order valence-corrected chi connectivity index (χ1v) is 13.9. The molecule has 9 heteroatoms. The summed E-state index contributed by atoms with van der Waals surface area (Å²) in [7, 11) is 0.